The second-order valence-electron chi connectivity index (χ2n) is 7.75. The van der Waals surface area contributed by atoms with Crippen LogP contribution in [-0.2, 0) is 13.2 Å². The maximum absolute atomic E-state index is 14.5. The molecule has 0 amide bonds. The van der Waals surface area contributed by atoms with E-state index < -0.39 is 17.4 Å². The molecule has 1 atom stereocenters. The van der Waals surface area contributed by atoms with Crippen LogP contribution in [0.5, 0.6) is 17.4 Å². The van der Waals surface area contributed by atoms with Gasteiger partial charge < -0.3 is 14.4 Å². The summed E-state index contributed by atoms with van der Waals surface area (Å²) in [5.74, 6) is -0.992. The smallest absolute Gasteiger partial charge is 0.352 e. The second kappa shape index (κ2) is 7.64. The molecule has 0 bridgehead atoms. The Morgan fingerprint density at radius 3 is 2.77 bits per heavy atom. The summed E-state index contributed by atoms with van der Waals surface area (Å²) in [5.41, 5.74) is 0.548. The van der Waals surface area contributed by atoms with Crippen LogP contribution in [-0.4, -0.2) is 27.1 Å². The fourth-order valence-corrected chi connectivity index (χ4v) is 4.15. The fourth-order valence-electron chi connectivity index (χ4n) is 4.15. The third kappa shape index (κ3) is 3.71. The van der Waals surface area contributed by atoms with Crippen molar-refractivity contribution < 1.29 is 18.3 Å². The third-order valence-corrected chi connectivity index (χ3v) is 5.56. The van der Waals surface area contributed by atoms with Gasteiger partial charge >= 0.3 is 5.69 Å². The van der Waals surface area contributed by atoms with Gasteiger partial charge in [0.25, 0.3) is 0 Å². The highest BCUT2D eigenvalue weighted by molar-refractivity contribution is 5.48. The van der Waals surface area contributed by atoms with Crippen molar-refractivity contribution in [2.24, 2.45) is 0 Å². The fraction of sp³-hybridized carbons (Fsp3) is 0.318. The minimum atomic E-state index is -0.852. The lowest BCUT2D eigenvalue weighted by molar-refractivity contribution is 0.289. The zero-order valence-electron chi connectivity index (χ0n) is 16.8. The van der Waals surface area contributed by atoms with E-state index in [0.717, 1.165) is 37.3 Å². The highest BCUT2D eigenvalue weighted by Crippen LogP contribution is 2.33. The first-order valence-electron chi connectivity index (χ1n) is 10.1. The molecule has 1 saturated heterocycles. The van der Waals surface area contributed by atoms with Crippen molar-refractivity contribution in [3.05, 3.63) is 69.9 Å². The molecule has 31 heavy (non-hydrogen) atoms. The summed E-state index contributed by atoms with van der Waals surface area (Å²) in [7, 11) is 0. The van der Waals surface area contributed by atoms with E-state index in [-0.39, 0.29) is 29.5 Å². The third-order valence-electron chi connectivity index (χ3n) is 5.56. The average Bonchev–Trinajstić information content (AvgIpc) is 3.32. The summed E-state index contributed by atoms with van der Waals surface area (Å²) >= 11 is 0. The first kappa shape index (κ1) is 19.5. The van der Waals surface area contributed by atoms with Crippen LogP contribution in [0.15, 0.2) is 41.3 Å². The van der Waals surface area contributed by atoms with Gasteiger partial charge in [0.2, 0.25) is 5.88 Å². The largest absolute Gasteiger partial charge is 0.473 e. The van der Waals surface area contributed by atoms with Crippen LogP contribution >= 0.6 is 0 Å². The van der Waals surface area contributed by atoms with Crippen molar-refractivity contribution in [2.45, 2.75) is 39.0 Å². The van der Waals surface area contributed by atoms with E-state index in [9.17, 15) is 13.6 Å². The maximum Gasteiger partial charge on any atom is 0.352 e. The number of fused-ring (bicyclic) bond motifs is 3. The summed E-state index contributed by atoms with van der Waals surface area (Å²) in [5, 5.41) is 0. The second-order valence-corrected chi connectivity index (χ2v) is 7.75. The molecule has 1 unspecified atom stereocenters. The van der Waals surface area contributed by atoms with Gasteiger partial charge in [0.1, 0.15) is 18.2 Å². The number of anilines is 1. The number of ether oxygens (including phenoxy) is 2. The van der Waals surface area contributed by atoms with Gasteiger partial charge in [-0.2, -0.15) is 4.98 Å². The Morgan fingerprint density at radius 1 is 1.19 bits per heavy atom. The summed E-state index contributed by atoms with van der Waals surface area (Å²) in [4.78, 5) is 22.5. The van der Waals surface area contributed by atoms with Crippen LogP contribution in [0.1, 0.15) is 24.1 Å². The first-order chi connectivity index (χ1) is 15.0. The summed E-state index contributed by atoms with van der Waals surface area (Å²) < 4.78 is 41.6. The topological polar surface area (TPSA) is 69.5 Å². The zero-order chi connectivity index (χ0) is 21.5. The van der Waals surface area contributed by atoms with Gasteiger partial charge in [-0.3, -0.25) is 9.55 Å². The predicted octanol–water partition coefficient (Wildman–Crippen LogP) is 3.58. The number of nitrogens with zero attached hydrogens (tertiary/aromatic N) is 4. The number of benzene rings is 1. The minimum absolute atomic E-state index is 0.136. The van der Waals surface area contributed by atoms with E-state index in [2.05, 4.69) is 14.9 Å². The highest BCUT2D eigenvalue weighted by Gasteiger charge is 2.34. The van der Waals surface area contributed by atoms with Gasteiger partial charge in [-0.25, -0.2) is 13.6 Å². The number of rotatable bonds is 5. The quantitative estimate of drug-likeness (QED) is 0.621. The number of pyridine rings is 1. The van der Waals surface area contributed by atoms with Crippen LogP contribution in [0.2, 0.25) is 0 Å². The van der Waals surface area contributed by atoms with E-state index >= 15 is 0 Å². The highest BCUT2D eigenvalue weighted by atomic mass is 19.1. The molecular weight excluding hydrogens is 406 g/mol. The number of aryl methyl sites for hydroxylation is 1. The molecule has 0 radical (unpaired) electrons. The van der Waals surface area contributed by atoms with Gasteiger partial charge in [0, 0.05) is 43.2 Å². The lowest BCUT2D eigenvalue weighted by Crippen LogP contribution is -2.24. The molecule has 9 heteroatoms. The van der Waals surface area contributed by atoms with Gasteiger partial charge in [-0.15, -0.1) is 0 Å². The van der Waals surface area contributed by atoms with Gasteiger partial charge in [-0.1, -0.05) is 0 Å². The van der Waals surface area contributed by atoms with Crippen molar-refractivity contribution in [1.82, 2.24) is 14.5 Å². The molecule has 160 valence electrons. The zero-order valence-corrected chi connectivity index (χ0v) is 16.8. The van der Waals surface area contributed by atoms with Crippen molar-refractivity contribution in [2.75, 3.05) is 11.4 Å². The molecule has 0 N–H and O–H groups in total. The Balaban J connectivity index is 1.33. The Kier molecular flexibility index (Phi) is 4.80. The van der Waals surface area contributed by atoms with Crippen LogP contribution in [0.4, 0.5) is 14.6 Å². The molecule has 2 aliphatic rings. The number of hydrogen-bond acceptors (Lipinski definition) is 6. The molecule has 2 aromatic heterocycles. The Bertz CT molecular complexity index is 1190. The Morgan fingerprint density at radius 2 is 2.00 bits per heavy atom. The van der Waals surface area contributed by atoms with E-state index in [1.807, 2.05) is 0 Å². The lowest BCUT2D eigenvalue weighted by atomic mass is 10.2. The lowest BCUT2D eigenvalue weighted by Gasteiger charge is -2.17. The molecule has 0 aliphatic carbocycles. The molecule has 1 fully saturated rings. The SMILES string of the molecule is Cc1cc(Oc2c(F)cc(COc3cc4n(c(=O)n3)CC3CCCN43)cc2F)ccn1. The van der Waals surface area contributed by atoms with E-state index in [4.69, 9.17) is 9.47 Å². The normalized spacial score (nSPS) is 16.9. The Hall–Kier alpha value is -3.49. The number of aromatic nitrogens is 3. The molecule has 3 aromatic rings. The summed E-state index contributed by atoms with van der Waals surface area (Å²) in [6, 6.07) is 7.42. The number of hydrogen-bond donors (Lipinski definition) is 0. The van der Waals surface area contributed by atoms with Crippen molar-refractivity contribution in [3.8, 4) is 17.4 Å². The molecule has 7 nitrogen and oxygen atoms in total. The van der Waals surface area contributed by atoms with Crippen molar-refractivity contribution >= 4 is 5.82 Å². The summed E-state index contributed by atoms with van der Waals surface area (Å²) in [6.45, 7) is 3.14. The van der Waals surface area contributed by atoms with Gasteiger partial charge in [0.15, 0.2) is 17.4 Å². The van der Waals surface area contributed by atoms with E-state index in [1.54, 1.807) is 23.6 Å². The molecule has 1 aromatic carbocycles. The number of halogens is 2. The van der Waals surface area contributed by atoms with E-state index in [0.29, 0.717) is 18.3 Å². The van der Waals surface area contributed by atoms with Crippen LogP contribution in [0.3, 0.4) is 0 Å². The van der Waals surface area contributed by atoms with Crippen LogP contribution in [0.25, 0.3) is 0 Å². The van der Waals surface area contributed by atoms with Crippen molar-refractivity contribution in [3.63, 3.8) is 0 Å². The predicted molar refractivity (Wildman–Crippen MR) is 109 cm³/mol. The molecule has 0 spiro atoms. The molecule has 4 heterocycles. The van der Waals surface area contributed by atoms with Crippen LogP contribution < -0.4 is 20.1 Å². The average molecular weight is 426 g/mol. The Labute approximate surface area is 176 Å². The van der Waals surface area contributed by atoms with E-state index in [1.165, 1.54) is 12.3 Å². The van der Waals surface area contributed by atoms with Gasteiger partial charge in [0.05, 0.1) is 0 Å². The minimum Gasteiger partial charge on any atom is -0.473 e. The molecule has 5 rings (SSSR count). The maximum atomic E-state index is 14.5. The summed E-state index contributed by atoms with van der Waals surface area (Å²) in [6.07, 6.45) is 3.63. The van der Waals surface area contributed by atoms with Crippen molar-refractivity contribution in [1.29, 1.82) is 0 Å². The monoisotopic (exact) mass is 426 g/mol. The molecule has 0 saturated carbocycles. The molecule has 2 aliphatic heterocycles. The first-order valence-corrected chi connectivity index (χ1v) is 10.1. The molecular formula is C22H20F2N4O3. The standard InChI is InChI=1S/C22H20F2N4O3/c1-13-7-16(4-5-25-13)31-21-17(23)8-14(9-18(21)24)12-30-19-10-20-27-6-2-3-15(27)11-28(20)22(29)26-19/h4-5,7-10,15H,2-3,6,11-12H2,1H3. The van der Waals surface area contributed by atoms with Gasteiger partial charge in [-0.05, 0) is 43.5 Å². The van der Waals surface area contributed by atoms with Crippen LogP contribution in [0, 0.1) is 18.6 Å².